The molecule has 30 heavy (non-hydrogen) atoms. The zero-order valence-electron chi connectivity index (χ0n) is 16.8. The molecule has 1 aliphatic rings. The first kappa shape index (κ1) is 18.7. The molecule has 5 rings (SSSR count). The summed E-state index contributed by atoms with van der Waals surface area (Å²) < 4.78 is 12.7. The van der Waals surface area contributed by atoms with Crippen LogP contribution in [0.25, 0.3) is 16.2 Å². The number of carbonyl (C=O) groups excluding carboxylic acids is 1. The molecule has 3 heterocycles. The van der Waals surface area contributed by atoms with Crippen molar-refractivity contribution in [2.75, 3.05) is 25.7 Å². The summed E-state index contributed by atoms with van der Waals surface area (Å²) in [5.74, 6) is 1.45. The first-order valence-corrected chi connectivity index (χ1v) is 10.6. The van der Waals surface area contributed by atoms with Gasteiger partial charge in [0.1, 0.15) is 0 Å². The molecule has 0 saturated heterocycles. The highest BCUT2D eigenvalue weighted by Gasteiger charge is 2.25. The summed E-state index contributed by atoms with van der Waals surface area (Å²) in [4.78, 5) is 20.5. The molecular formula is C23H21N3O3S. The predicted molar refractivity (Wildman–Crippen MR) is 118 cm³/mol. The van der Waals surface area contributed by atoms with Crippen molar-refractivity contribution in [2.24, 2.45) is 0 Å². The van der Waals surface area contributed by atoms with E-state index in [1.165, 1.54) is 5.56 Å². The second kappa shape index (κ2) is 7.50. The zero-order chi connectivity index (χ0) is 20.7. The Labute approximate surface area is 178 Å². The fourth-order valence-corrected chi connectivity index (χ4v) is 4.81. The third-order valence-electron chi connectivity index (χ3n) is 5.48. The molecular weight excluding hydrogens is 398 g/mol. The number of amides is 1. The SMILES string of the molecule is COc1ccc(-c2cn3c(CC(=O)N4CCc5ccccc54)csc3n2)cc1OC. The Morgan fingerprint density at radius 3 is 2.80 bits per heavy atom. The third-order valence-corrected chi connectivity index (χ3v) is 6.37. The van der Waals surface area contributed by atoms with Crippen molar-refractivity contribution < 1.29 is 14.3 Å². The van der Waals surface area contributed by atoms with Gasteiger partial charge in [-0.2, -0.15) is 0 Å². The molecule has 0 fully saturated rings. The number of para-hydroxylation sites is 1. The maximum absolute atomic E-state index is 13.0. The highest BCUT2D eigenvalue weighted by molar-refractivity contribution is 7.15. The topological polar surface area (TPSA) is 56.1 Å². The number of methoxy groups -OCH3 is 2. The highest BCUT2D eigenvalue weighted by Crippen LogP contribution is 2.33. The van der Waals surface area contributed by atoms with Gasteiger partial charge in [0.2, 0.25) is 5.91 Å². The van der Waals surface area contributed by atoms with Crippen LogP contribution in [-0.4, -0.2) is 36.1 Å². The lowest BCUT2D eigenvalue weighted by atomic mass is 10.1. The smallest absolute Gasteiger partial charge is 0.232 e. The lowest BCUT2D eigenvalue weighted by Gasteiger charge is -2.17. The summed E-state index contributed by atoms with van der Waals surface area (Å²) in [7, 11) is 3.24. The Balaban J connectivity index is 1.42. The summed E-state index contributed by atoms with van der Waals surface area (Å²) in [5, 5.41) is 2.01. The maximum Gasteiger partial charge on any atom is 0.232 e. The van der Waals surface area contributed by atoms with E-state index < -0.39 is 0 Å². The third kappa shape index (κ3) is 3.11. The highest BCUT2D eigenvalue weighted by atomic mass is 32.1. The van der Waals surface area contributed by atoms with Gasteiger partial charge in [-0.1, -0.05) is 18.2 Å². The molecule has 152 valence electrons. The molecule has 0 spiro atoms. The van der Waals surface area contributed by atoms with E-state index in [4.69, 9.17) is 14.5 Å². The molecule has 0 radical (unpaired) electrons. The molecule has 6 nitrogen and oxygen atoms in total. The van der Waals surface area contributed by atoms with E-state index in [2.05, 4.69) is 6.07 Å². The zero-order valence-corrected chi connectivity index (χ0v) is 17.6. The number of hydrogen-bond donors (Lipinski definition) is 0. The maximum atomic E-state index is 13.0. The lowest BCUT2D eigenvalue weighted by Crippen LogP contribution is -2.30. The lowest BCUT2D eigenvalue weighted by molar-refractivity contribution is -0.117. The molecule has 0 bridgehead atoms. The number of hydrogen-bond acceptors (Lipinski definition) is 5. The van der Waals surface area contributed by atoms with E-state index >= 15 is 0 Å². The van der Waals surface area contributed by atoms with E-state index in [9.17, 15) is 4.79 Å². The van der Waals surface area contributed by atoms with Crippen molar-refractivity contribution in [1.29, 1.82) is 0 Å². The van der Waals surface area contributed by atoms with Crippen molar-refractivity contribution >= 4 is 27.9 Å². The monoisotopic (exact) mass is 419 g/mol. The predicted octanol–water partition coefficient (Wildman–Crippen LogP) is 4.21. The van der Waals surface area contributed by atoms with E-state index in [1.54, 1.807) is 25.6 Å². The van der Waals surface area contributed by atoms with E-state index in [-0.39, 0.29) is 5.91 Å². The van der Waals surface area contributed by atoms with Crippen LogP contribution in [0, 0.1) is 0 Å². The Morgan fingerprint density at radius 1 is 1.13 bits per heavy atom. The van der Waals surface area contributed by atoms with Crippen molar-refractivity contribution in [3.8, 4) is 22.8 Å². The first-order chi connectivity index (χ1) is 14.7. The number of benzene rings is 2. The molecule has 4 aromatic rings. The Hall–Kier alpha value is -3.32. The van der Waals surface area contributed by atoms with Crippen LogP contribution in [0.5, 0.6) is 11.5 Å². The number of ether oxygens (including phenoxy) is 2. The molecule has 1 aliphatic heterocycles. The van der Waals surface area contributed by atoms with Crippen LogP contribution in [0.1, 0.15) is 11.3 Å². The van der Waals surface area contributed by atoms with Gasteiger partial charge in [-0.25, -0.2) is 4.98 Å². The van der Waals surface area contributed by atoms with Gasteiger partial charge in [0.25, 0.3) is 0 Å². The van der Waals surface area contributed by atoms with Crippen LogP contribution in [0.3, 0.4) is 0 Å². The van der Waals surface area contributed by atoms with Gasteiger partial charge in [-0.05, 0) is 36.2 Å². The summed E-state index contributed by atoms with van der Waals surface area (Å²) in [5.41, 5.74) is 4.99. The fourth-order valence-electron chi connectivity index (χ4n) is 3.94. The fraction of sp³-hybridized carbons (Fsp3) is 0.217. The van der Waals surface area contributed by atoms with Gasteiger partial charge >= 0.3 is 0 Å². The number of thiazole rings is 1. The van der Waals surface area contributed by atoms with Gasteiger partial charge in [-0.3, -0.25) is 9.20 Å². The molecule has 0 unspecified atom stereocenters. The van der Waals surface area contributed by atoms with Gasteiger partial charge in [0, 0.05) is 35.1 Å². The van der Waals surface area contributed by atoms with Gasteiger partial charge < -0.3 is 14.4 Å². The molecule has 0 N–H and O–H groups in total. The van der Waals surface area contributed by atoms with Crippen LogP contribution < -0.4 is 14.4 Å². The Morgan fingerprint density at radius 2 is 1.97 bits per heavy atom. The normalized spacial score (nSPS) is 12.9. The molecule has 2 aromatic carbocycles. The molecule has 0 atom stereocenters. The van der Waals surface area contributed by atoms with E-state index in [0.29, 0.717) is 17.9 Å². The minimum atomic E-state index is 0.112. The average molecular weight is 420 g/mol. The second-order valence-corrected chi connectivity index (χ2v) is 8.01. The van der Waals surface area contributed by atoms with E-state index in [1.807, 2.05) is 57.3 Å². The van der Waals surface area contributed by atoms with Crippen molar-refractivity contribution in [3.63, 3.8) is 0 Å². The molecule has 0 saturated carbocycles. The Bertz CT molecular complexity index is 1240. The summed E-state index contributed by atoms with van der Waals surface area (Å²) in [6.07, 6.45) is 3.24. The quantitative estimate of drug-likeness (QED) is 0.486. The molecule has 2 aromatic heterocycles. The van der Waals surface area contributed by atoms with Crippen LogP contribution in [-0.2, 0) is 17.6 Å². The number of aromatic nitrogens is 2. The number of nitrogens with zero attached hydrogens (tertiary/aromatic N) is 3. The molecule has 0 aliphatic carbocycles. The minimum absolute atomic E-state index is 0.112. The number of anilines is 1. The van der Waals surface area contributed by atoms with E-state index in [0.717, 1.165) is 40.6 Å². The summed E-state index contributed by atoms with van der Waals surface area (Å²) in [6.45, 7) is 0.742. The van der Waals surface area contributed by atoms with Crippen LogP contribution in [0.15, 0.2) is 54.0 Å². The average Bonchev–Trinajstić information content (AvgIpc) is 3.48. The van der Waals surface area contributed by atoms with Crippen molar-refractivity contribution in [2.45, 2.75) is 12.8 Å². The number of carbonyl (C=O) groups is 1. The van der Waals surface area contributed by atoms with Gasteiger partial charge in [-0.15, -0.1) is 11.3 Å². The van der Waals surface area contributed by atoms with Crippen LogP contribution in [0.4, 0.5) is 5.69 Å². The number of fused-ring (bicyclic) bond motifs is 2. The molecule has 7 heteroatoms. The Kier molecular flexibility index (Phi) is 4.67. The summed E-state index contributed by atoms with van der Waals surface area (Å²) >= 11 is 1.54. The standard InChI is InChI=1S/C23H21N3O3S/c1-28-20-8-7-16(11-21(20)29-2)18-13-26-17(14-30-23(26)24-18)12-22(27)25-10-9-15-5-3-4-6-19(15)25/h3-8,11,13-14H,9-10,12H2,1-2H3. The van der Waals surface area contributed by atoms with Crippen LogP contribution in [0.2, 0.25) is 0 Å². The largest absolute Gasteiger partial charge is 0.493 e. The number of imidazole rings is 1. The second-order valence-electron chi connectivity index (χ2n) is 7.18. The summed E-state index contributed by atoms with van der Waals surface area (Å²) in [6, 6.07) is 13.9. The molecule has 1 amide bonds. The van der Waals surface area contributed by atoms with Gasteiger partial charge in [0.15, 0.2) is 16.5 Å². The minimum Gasteiger partial charge on any atom is -0.493 e. The van der Waals surface area contributed by atoms with Gasteiger partial charge in [0.05, 0.1) is 26.3 Å². The van der Waals surface area contributed by atoms with Crippen molar-refractivity contribution in [1.82, 2.24) is 9.38 Å². The first-order valence-electron chi connectivity index (χ1n) is 9.74. The number of rotatable bonds is 5. The van der Waals surface area contributed by atoms with Crippen LogP contribution >= 0.6 is 11.3 Å². The van der Waals surface area contributed by atoms with Crippen molar-refractivity contribution in [3.05, 3.63) is 65.3 Å².